The molecule has 3 atom stereocenters. The van der Waals surface area contributed by atoms with E-state index in [9.17, 15) is 19.2 Å². The van der Waals surface area contributed by atoms with Crippen molar-refractivity contribution in [1.82, 2.24) is 4.90 Å². The Bertz CT molecular complexity index is 1430. The minimum Gasteiger partial charge on any atom is -0.325 e. The summed E-state index contributed by atoms with van der Waals surface area (Å²) in [7, 11) is 0. The van der Waals surface area contributed by atoms with Crippen LogP contribution in [0.3, 0.4) is 0 Å². The number of hydrogen-bond donors (Lipinski definition) is 1. The summed E-state index contributed by atoms with van der Waals surface area (Å²) in [4.78, 5) is 59.3. The maximum atomic E-state index is 14.4. The highest BCUT2D eigenvalue weighted by atomic mass is 16.2. The number of anilines is 1. The Kier molecular flexibility index (Phi) is 3.99. The van der Waals surface area contributed by atoms with Gasteiger partial charge in [0, 0.05) is 28.4 Å². The van der Waals surface area contributed by atoms with Crippen molar-refractivity contribution < 1.29 is 19.2 Å². The van der Waals surface area contributed by atoms with Gasteiger partial charge in [-0.2, -0.15) is 0 Å². The number of fused-ring (bicyclic) bond motifs is 6. The van der Waals surface area contributed by atoms with Crippen molar-refractivity contribution in [3.05, 3.63) is 101 Å². The monoisotopic (exact) mass is 462 g/mol. The molecule has 1 aliphatic carbocycles. The van der Waals surface area contributed by atoms with Crippen LogP contribution in [0.1, 0.15) is 49.5 Å². The zero-order valence-electron chi connectivity index (χ0n) is 18.9. The van der Waals surface area contributed by atoms with Crippen LogP contribution < -0.4 is 5.32 Å². The first kappa shape index (κ1) is 20.5. The summed E-state index contributed by atoms with van der Waals surface area (Å²) in [6, 6.07) is 22.5. The maximum absolute atomic E-state index is 14.4. The van der Waals surface area contributed by atoms with Crippen LogP contribution in [0.2, 0.25) is 0 Å². The molecule has 4 aliphatic rings. The molecule has 2 saturated heterocycles. The summed E-state index contributed by atoms with van der Waals surface area (Å²) in [6.07, 6.45) is 1.39. The highest BCUT2D eigenvalue weighted by Crippen LogP contribution is 2.64. The smallest absolute Gasteiger partial charge is 0.238 e. The lowest BCUT2D eigenvalue weighted by Crippen LogP contribution is -2.67. The zero-order chi connectivity index (χ0) is 23.9. The minimum atomic E-state index is -1.79. The van der Waals surface area contributed by atoms with Crippen LogP contribution in [0.25, 0.3) is 0 Å². The molecule has 1 unspecified atom stereocenters. The fourth-order valence-corrected chi connectivity index (χ4v) is 7.39. The summed E-state index contributed by atoms with van der Waals surface area (Å²) < 4.78 is 0. The first-order chi connectivity index (χ1) is 17.0. The van der Waals surface area contributed by atoms with Gasteiger partial charge in [0.05, 0.1) is 5.92 Å². The molecule has 2 spiro atoms. The lowest BCUT2D eigenvalue weighted by molar-refractivity contribution is -0.123. The quantitative estimate of drug-likeness (QED) is 0.464. The summed E-state index contributed by atoms with van der Waals surface area (Å²) in [6.45, 7) is 0.478. The number of nitrogens with one attached hydrogen (secondary N) is 1. The van der Waals surface area contributed by atoms with Crippen molar-refractivity contribution in [2.75, 3.05) is 11.9 Å². The number of benzene rings is 3. The van der Waals surface area contributed by atoms with E-state index in [2.05, 4.69) is 5.32 Å². The lowest BCUT2D eigenvalue weighted by Gasteiger charge is -2.42. The van der Waals surface area contributed by atoms with Gasteiger partial charge in [-0.15, -0.1) is 0 Å². The molecule has 6 nitrogen and oxygen atoms in total. The van der Waals surface area contributed by atoms with Crippen LogP contribution in [-0.4, -0.2) is 46.3 Å². The fraction of sp³-hybridized carbons (Fsp3) is 0.241. The Hall–Kier alpha value is -3.90. The molecule has 1 amide bonds. The third kappa shape index (κ3) is 2.15. The van der Waals surface area contributed by atoms with Crippen LogP contribution in [0.4, 0.5) is 5.69 Å². The van der Waals surface area contributed by atoms with Gasteiger partial charge < -0.3 is 5.32 Å². The summed E-state index contributed by atoms with van der Waals surface area (Å²) in [5.74, 6) is -2.28. The van der Waals surface area contributed by atoms with Gasteiger partial charge in [-0.1, -0.05) is 72.8 Å². The van der Waals surface area contributed by atoms with Crippen molar-refractivity contribution in [2.24, 2.45) is 5.92 Å². The second kappa shape index (κ2) is 6.83. The normalized spacial score (nSPS) is 27.8. The van der Waals surface area contributed by atoms with Crippen molar-refractivity contribution in [3.63, 3.8) is 0 Å². The number of para-hydroxylation sites is 1. The molecular formula is C29H22N2O4. The molecule has 7 rings (SSSR count). The van der Waals surface area contributed by atoms with Crippen LogP contribution in [0, 0.1) is 5.92 Å². The van der Waals surface area contributed by atoms with E-state index >= 15 is 0 Å². The van der Waals surface area contributed by atoms with E-state index in [1.54, 1.807) is 66.7 Å². The molecule has 0 radical (unpaired) electrons. The van der Waals surface area contributed by atoms with E-state index < -0.39 is 28.8 Å². The Morgan fingerprint density at radius 3 is 2.17 bits per heavy atom. The second-order valence-electron chi connectivity index (χ2n) is 9.83. The van der Waals surface area contributed by atoms with Gasteiger partial charge in [-0.05, 0) is 31.0 Å². The summed E-state index contributed by atoms with van der Waals surface area (Å²) in [5, 5.41) is 2.95. The number of ketones is 3. The average Bonchev–Trinajstić information content (AvgIpc) is 3.59. The number of nitrogens with zero attached hydrogens (tertiary/aromatic N) is 1. The number of hydrogen-bond acceptors (Lipinski definition) is 5. The molecule has 35 heavy (non-hydrogen) atoms. The predicted octanol–water partition coefficient (Wildman–Crippen LogP) is 3.67. The minimum absolute atomic E-state index is 0.206. The van der Waals surface area contributed by atoms with Crippen LogP contribution in [0.5, 0.6) is 0 Å². The molecule has 0 saturated carbocycles. The molecule has 0 aromatic heterocycles. The van der Waals surface area contributed by atoms with Crippen LogP contribution in [-0.2, 0) is 10.2 Å². The third-order valence-electron chi connectivity index (χ3n) is 8.52. The largest absolute Gasteiger partial charge is 0.325 e. The van der Waals surface area contributed by atoms with E-state index in [1.807, 2.05) is 17.0 Å². The van der Waals surface area contributed by atoms with Gasteiger partial charge >= 0.3 is 0 Å². The van der Waals surface area contributed by atoms with Gasteiger partial charge in [0.15, 0.2) is 22.9 Å². The first-order valence-corrected chi connectivity index (χ1v) is 12.0. The summed E-state index contributed by atoms with van der Waals surface area (Å²) >= 11 is 0. The van der Waals surface area contributed by atoms with E-state index in [0.29, 0.717) is 40.9 Å². The van der Waals surface area contributed by atoms with Gasteiger partial charge in [0.1, 0.15) is 5.41 Å². The number of amides is 1. The molecule has 172 valence electrons. The standard InChI is InChI=1S/C29H22N2O4/c32-24(17-9-2-1-3-10-17)23-22-15-8-16-31(22)29(25(33)18-11-4-5-12-19(18)26(29)34)28(23)20-13-6-7-14-21(20)30-27(28)35/h1-7,9-14,22-23H,8,15-16H2,(H,30,35)/t22?,23-,28+/m0/s1. The van der Waals surface area contributed by atoms with Crippen molar-refractivity contribution in [2.45, 2.75) is 29.8 Å². The van der Waals surface area contributed by atoms with Gasteiger partial charge in [-0.25, -0.2) is 0 Å². The van der Waals surface area contributed by atoms with Crippen LogP contribution >= 0.6 is 0 Å². The number of Topliss-reactive ketones (excluding diaryl/α,β-unsaturated/α-hetero) is 3. The Morgan fingerprint density at radius 2 is 1.46 bits per heavy atom. The van der Waals surface area contributed by atoms with E-state index in [1.165, 1.54) is 0 Å². The van der Waals surface area contributed by atoms with Crippen molar-refractivity contribution in [1.29, 1.82) is 0 Å². The molecule has 3 heterocycles. The molecule has 2 fully saturated rings. The Balaban J connectivity index is 1.59. The fourth-order valence-electron chi connectivity index (χ4n) is 7.39. The highest BCUT2D eigenvalue weighted by molar-refractivity contribution is 6.38. The van der Waals surface area contributed by atoms with Crippen LogP contribution in [0.15, 0.2) is 78.9 Å². The van der Waals surface area contributed by atoms with E-state index in [0.717, 1.165) is 6.42 Å². The maximum Gasteiger partial charge on any atom is 0.238 e. The Morgan fingerprint density at radius 1 is 0.829 bits per heavy atom. The molecule has 1 N–H and O–H groups in total. The van der Waals surface area contributed by atoms with Gasteiger partial charge in [0.2, 0.25) is 5.91 Å². The van der Waals surface area contributed by atoms with E-state index in [-0.39, 0.29) is 17.3 Å². The Labute approximate surface area is 201 Å². The van der Waals surface area contributed by atoms with E-state index in [4.69, 9.17) is 0 Å². The summed E-state index contributed by atoms with van der Waals surface area (Å²) in [5.41, 5.74) is -1.20. The molecule has 3 aromatic carbocycles. The number of carbonyl (C=O) groups excluding carboxylic acids is 4. The molecule has 3 aliphatic heterocycles. The topological polar surface area (TPSA) is 83.6 Å². The second-order valence-corrected chi connectivity index (χ2v) is 9.83. The molecule has 6 heteroatoms. The highest BCUT2D eigenvalue weighted by Gasteiger charge is 2.83. The third-order valence-corrected chi connectivity index (χ3v) is 8.52. The van der Waals surface area contributed by atoms with Crippen molar-refractivity contribution >= 4 is 28.9 Å². The number of rotatable bonds is 2. The zero-order valence-corrected chi connectivity index (χ0v) is 18.9. The first-order valence-electron chi connectivity index (χ1n) is 12.0. The molecular weight excluding hydrogens is 440 g/mol. The molecule has 3 aromatic rings. The molecule has 0 bridgehead atoms. The van der Waals surface area contributed by atoms with Gasteiger partial charge in [0.25, 0.3) is 0 Å². The number of carbonyl (C=O) groups is 4. The SMILES string of the molecule is O=C(c1ccccc1)[C@@H]1C2CCCN2C2(C(=O)c3ccccc3C2=O)[C@@]12C(=O)Nc1ccccc12. The predicted molar refractivity (Wildman–Crippen MR) is 129 cm³/mol. The lowest BCUT2D eigenvalue weighted by atomic mass is 9.57. The van der Waals surface area contributed by atoms with Crippen molar-refractivity contribution in [3.8, 4) is 0 Å². The average molecular weight is 463 g/mol. The van der Waals surface area contributed by atoms with Gasteiger partial charge in [-0.3, -0.25) is 24.1 Å².